The van der Waals surface area contributed by atoms with E-state index in [9.17, 15) is 14.4 Å². The molecule has 1 heterocycles. The fourth-order valence-corrected chi connectivity index (χ4v) is 2.20. The molecular formula is C17H21N5O4. The number of hydrogen-bond donors (Lipinski definition) is 3. The van der Waals surface area contributed by atoms with Crippen LogP contribution >= 0.6 is 0 Å². The number of nitrogens with zero attached hydrogens (tertiary/aromatic N) is 3. The quantitative estimate of drug-likeness (QED) is 0.624. The summed E-state index contributed by atoms with van der Waals surface area (Å²) < 4.78 is 1.32. The number of carbonyl (C=O) groups excluding carboxylic acids is 2. The molecule has 0 aliphatic rings. The van der Waals surface area contributed by atoms with Crippen molar-refractivity contribution in [2.45, 2.75) is 32.6 Å². The van der Waals surface area contributed by atoms with Crippen molar-refractivity contribution in [2.75, 3.05) is 11.9 Å². The zero-order valence-electron chi connectivity index (χ0n) is 14.4. The van der Waals surface area contributed by atoms with Gasteiger partial charge in [-0.05, 0) is 31.0 Å². The van der Waals surface area contributed by atoms with Gasteiger partial charge in [-0.1, -0.05) is 18.2 Å². The minimum Gasteiger partial charge on any atom is -0.476 e. The van der Waals surface area contributed by atoms with Crippen molar-refractivity contribution in [2.24, 2.45) is 0 Å². The smallest absolute Gasteiger partial charge is 0.358 e. The zero-order valence-corrected chi connectivity index (χ0v) is 14.4. The first kappa shape index (κ1) is 19.1. The minimum atomic E-state index is -1.16. The van der Waals surface area contributed by atoms with E-state index in [1.165, 1.54) is 10.9 Å². The van der Waals surface area contributed by atoms with Crippen molar-refractivity contribution < 1.29 is 19.5 Å². The second-order valence-electron chi connectivity index (χ2n) is 5.66. The Labute approximate surface area is 150 Å². The fourth-order valence-electron chi connectivity index (χ4n) is 2.20. The second-order valence-corrected chi connectivity index (χ2v) is 5.66. The maximum absolute atomic E-state index is 12.0. The zero-order chi connectivity index (χ0) is 18.9. The highest BCUT2D eigenvalue weighted by molar-refractivity contribution is 5.91. The van der Waals surface area contributed by atoms with E-state index >= 15 is 0 Å². The average molecular weight is 359 g/mol. The number of hydrogen-bond acceptors (Lipinski definition) is 5. The highest BCUT2D eigenvalue weighted by Gasteiger charge is 2.10. The summed E-state index contributed by atoms with van der Waals surface area (Å²) in [6.45, 7) is 2.62. The minimum absolute atomic E-state index is 0.0536. The van der Waals surface area contributed by atoms with Crippen molar-refractivity contribution in [3.05, 3.63) is 36.2 Å². The lowest BCUT2D eigenvalue weighted by Crippen LogP contribution is -2.24. The summed E-state index contributed by atoms with van der Waals surface area (Å²) in [6, 6.07) is 6.80. The molecule has 9 nitrogen and oxygen atoms in total. The van der Waals surface area contributed by atoms with Crippen LogP contribution in [0.3, 0.4) is 0 Å². The Hall–Kier alpha value is -3.23. The van der Waals surface area contributed by atoms with Crippen LogP contribution in [0, 0.1) is 0 Å². The highest BCUT2D eigenvalue weighted by atomic mass is 16.4. The van der Waals surface area contributed by atoms with Gasteiger partial charge in [0.05, 0.1) is 11.9 Å². The Kier molecular flexibility index (Phi) is 6.84. The number of aromatic nitrogens is 3. The van der Waals surface area contributed by atoms with Gasteiger partial charge in [-0.3, -0.25) is 9.59 Å². The predicted molar refractivity (Wildman–Crippen MR) is 94.1 cm³/mol. The van der Waals surface area contributed by atoms with Crippen LogP contribution in [0.15, 0.2) is 30.5 Å². The Bertz CT molecular complexity index is 787. The molecule has 2 rings (SSSR count). The van der Waals surface area contributed by atoms with Crippen molar-refractivity contribution in [1.82, 2.24) is 20.3 Å². The lowest BCUT2D eigenvalue weighted by atomic mass is 10.2. The third-order valence-electron chi connectivity index (χ3n) is 3.49. The van der Waals surface area contributed by atoms with Crippen LogP contribution < -0.4 is 10.6 Å². The number of aromatic carboxylic acids is 1. The maximum Gasteiger partial charge on any atom is 0.358 e. The molecule has 0 saturated carbocycles. The van der Waals surface area contributed by atoms with Gasteiger partial charge in [-0.2, -0.15) is 0 Å². The van der Waals surface area contributed by atoms with E-state index < -0.39 is 5.97 Å². The van der Waals surface area contributed by atoms with Gasteiger partial charge in [0.15, 0.2) is 5.69 Å². The molecule has 0 aliphatic heterocycles. The Morgan fingerprint density at radius 1 is 1.19 bits per heavy atom. The van der Waals surface area contributed by atoms with Crippen LogP contribution in [0.4, 0.5) is 5.69 Å². The van der Waals surface area contributed by atoms with E-state index in [1.807, 2.05) is 6.92 Å². The molecule has 9 heteroatoms. The van der Waals surface area contributed by atoms with E-state index in [1.54, 1.807) is 24.3 Å². The first-order chi connectivity index (χ1) is 12.5. The number of rotatable bonds is 9. The number of anilines is 1. The van der Waals surface area contributed by atoms with Crippen LogP contribution in [0.5, 0.6) is 0 Å². The van der Waals surface area contributed by atoms with Gasteiger partial charge in [-0.15, -0.1) is 5.10 Å². The number of carbonyl (C=O) groups is 3. The third-order valence-corrected chi connectivity index (χ3v) is 3.49. The van der Waals surface area contributed by atoms with E-state index in [-0.39, 0.29) is 23.9 Å². The lowest BCUT2D eigenvalue weighted by Gasteiger charge is -2.07. The van der Waals surface area contributed by atoms with Crippen LogP contribution in [-0.2, 0) is 9.59 Å². The van der Waals surface area contributed by atoms with E-state index in [2.05, 4.69) is 20.9 Å². The second kappa shape index (κ2) is 9.30. The number of carboxylic acid groups (broad SMARTS) is 1. The van der Waals surface area contributed by atoms with Gasteiger partial charge in [-0.25, -0.2) is 9.48 Å². The molecule has 0 aliphatic carbocycles. The van der Waals surface area contributed by atoms with Crippen molar-refractivity contribution >= 4 is 23.5 Å². The first-order valence-corrected chi connectivity index (χ1v) is 8.32. The van der Waals surface area contributed by atoms with Crippen molar-refractivity contribution in [3.8, 4) is 5.69 Å². The molecule has 26 heavy (non-hydrogen) atoms. The van der Waals surface area contributed by atoms with E-state index in [4.69, 9.17) is 5.11 Å². The molecule has 0 spiro atoms. The average Bonchev–Trinajstić information content (AvgIpc) is 3.10. The summed E-state index contributed by atoms with van der Waals surface area (Å²) in [6.07, 6.45) is 3.17. The molecule has 0 saturated heterocycles. The van der Waals surface area contributed by atoms with Gasteiger partial charge in [0.2, 0.25) is 11.8 Å². The first-order valence-electron chi connectivity index (χ1n) is 8.32. The molecule has 0 unspecified atom stereocenters. The van der Waals surface area contributed by atoms with Crippen LogP contribution in [0.2, 0.25) is 0 Å². The molecule has 1 aromatic carbocycles. The van der Waals surface area contributed by atoms with Gasteiger partial charge in [0.1, 0.15) is 0 Å². The number of amides is 2. The monoisotopic (exact) mass is 359 g/mol. The molecule has 0 atom stereocenters. The number of carboxylic acids is 1. The van der Waals surface area contributed by atoms with Crippen molar-refractivity contribution in [3.63, 3.8) is 0 Å². The molecule has 0 bridgehead atoms. The fraction of sp³-hybridized carbons (Fsp3) is 0.353. The van der Waals surface area contributed by atoms with Gasteiger partial charge in [0, 0.05) is 25.1 Å². The molecule has 0 fully saturated rings. The summed E-state index contributed by atoms with van der Waals surface area (Å²) in [5, 5.41) is 21.7. The summed E-state index contributed by atoms with van der Waals surface area (Å²) in [7, 11) is 0. The Balaban J connectivity index is 1.88. The largest absolute Gasteiger partial charge is 0.476 e. The molecule has 2 amide bonds. The van der Waals surface area contributed by atoms with Crippen LogP contribution in [0.25, 0.3) is 5.69 Å². The Morgan fingerprint density at radius 2 is 1.96 bits per heavy atom. The van der Waals surface area contributed by atoms with Gasteiger partial charge in [0.25, 0.3) is 0 Å². The van der Waals surface area contributed by atoms with Gasteiger partial charge < -0.3 is 15.7 Å². The SMILES string of the molecule is CCCNC(=O)CCCC(=O)Nc1cccc(-n2cc(C(=O)O)nn2)c1. The molecule has 3 N–H and O–H groups in total. The number of nitrogens with one attached hydrogen (secondary N) is 2. The van der Waals surface area contributed by atoms with Crippen molar-refractivity contribution in [1.29, 1.82) is 0 Å². The predicted octanol–water partition coefficient (Wildman–Crippen LogP) is 1.60. The maximum atomic E-state index is 12.0. The van der Waals surface area contributed by atoms with Crippen LogP contribution in [0.1, 0.15) is 43.1 Å². The van der Waals surface area contributed by atoms with E-state index in [0.717, 1.165) is 6.42 Å². The van der Waals surface area contributed by atoms with E-state index in [0.29, 0.717) is 30.8 Å². The normalized spacial score (nSPS) is 10.3. The molecule has 0 radical (unpaired) electrons. The molecule has 1 aromatic heterocycles. The summed E-state index contributed by atoms with van der Waals surface area (Å²) in [5.41, 5.74) is 0.956. The van der Waals surface area contributed by atoms with Gasteiger partial charge >= 0.3 is 5.97 Å². The highest BCUT2D eigenvalue weighted by Crippen LogP contribution is 2.15. The molecule has 138 valence electrons. The molecular weight excluding hydrogens is 338 g/mol. The molecule has 2 aromatic rings. The third kappa shape index (κ3) is 5.69. The Morgan fingerprint density at radius 3 is 2.65 bits per heavy atom. The lowest BCUT2D eigenvalue weighted by molar-refractivity contribution is -0.121. The standard InChI is InChI=1S/C17H21N5O4/c1-2-9-18-15(23)7-4-8-16(24)19-12-5-3-6-13(10-12)22-11-14(17(25)26)20-21-22/h3,5-6,10-11H,2,4,7-9H2,1H3,(H,18,23)(H,19,24)(H,25,26). The summed E-state index contributed by atoms with van der Waals surface area (Å²) in [4.78, 5) is 34.4. The van der Waals surface area contributed by atoms with Crippen LogP contribution in [-0.4, -0.2) is 44.4 Å². The summed E-state index contributed by atoms with van der Waals surface area (Å²) in [5.74, 6) is -1.42. The number of benzene rings is 1. The summed E-state index contributed by atoms with van der Waals surface area (Å²) >= 11 is 0. The topological polar surface area (TPSA) is 126 Å².